The van der Waals surface area contributed by atoms with Crippen molar-refractivity contribution in [1.29, 1.82) is 0 Å². The molecular formula is C15H15NO8. The third-order valence-corrected chi connectivity index (χ3v) is 3.77. The van der Waals surface area contributed by atoms with E-state index in [0.717, 1.165) is 0 Å². The summed E-state index contributed by atoms with van der Waals surface area (Å²) in [4.78, 5) is 15.1. The molecule has 0 amide bonds. The Morgan fingerprint density at radius 3 is 2.58 bits per heavy atom. The fourth-order valence-electron chi connectivity index (χ4n) is 2.48. The molecule has 0 saturated carbocycles. The molecule has 128 valence electrons. The maximum atomic E-state index is 11.1. The van der Waals surface area contributed by atoms with Gasteiger partial charge in [-0.2, -0.15) is 0 Å². The van der Waals surface area contributed by atoms with Gasteiger partial charge in [-0.15, -0.1) is 0 Å². The normalized spacial score (nSPS) is 30.2. The molecule has 1 aromatic carbocycles. The Bertz CT molecular complexity index is 766. The van der Waals surface area contributed by atoms with Crippen LogP contribution in [0, 0.1) is 0 Å². The lowest BCUT2D eigenvalue weighted by atomic mass is 9.99. The summed E-state index contributed by atoms with van der Waals surface area (Å²) >= 11 is 0. The van der Waals surface area contributed by atoms with Gasteiger partial charge in [0, 0.05) is 11.6 Å². The third-order valence-electron chi connectivity index (χ3n) is 3.77. The number of carboxylic acid groups (broad SMARTS) is 1. The van der Waals surface area contributed by atoms with Crippen LogP contribution in [0.15, 0.2) is 30.5 Å². The molecule has 9 heteroatoms. The van der Waals surface area contributed by atoms with E-state index >= 15 is 0 Å². The third kappa shape index (κ3) is 2.74. The number of ether oxygens (including phenoxy) is 2. The SMILES string of the molecule is O=C(O)[C@H]1O[C@@H](Oc2ccc3cccnc3c2O)[C@H](O)[C@@H](O)[C@@H]1O. The van der Waals surface area contributed by atoms with Crippen molar-refractivity contribution in [2.75, 3.05) is 0 Å². The summed E-state index contributed by atoms with van der Waals surface area (Å²) in [6.45, 7) is 0. The van der Waals surface area contributed by atoms with E-state index in [1.165, 1.54) is 12.3 Å². The molecule has 1 aliphatic rings. The molecule has 1 aliphatic heterocycles. The number of aliphatic hydroxyl groups excluding tert-OH is 3. The summed E-state index contributed by atoms with van der Waals surface area (Å²) in [7, 11) is 0. The van der Waals surface area contributed by atoms with Gasteiger partial charge in [0.2, 0.25) is 6.29 Å². The number of benzene rings is 1. The van der Waals surface area contributed by atoms with Crippen LogP contribution in [0.5, 0.6) is 11.5 Å². The van der Waals surface area contributed by atoms with Crippen molar-refractivity contribution in [2.45, 2.75) is 30.7 Å². The fourth-order valence-corrected chi connectivity index (χ4v) is 2.48. The second-order valence-corrected chi connectivity index (χ2v) is 5.34. The first-order valence-corrected chi connectivity index (χ1v) is 7.06. The summed E-state index contributed by atoms with van der Waals surface area (Å²) in [5, 5.41) is 49.2. The van der Waals surface area contributed by atoms with Gasteiger partial charge in [0.05, 0.1) is 0 Å². The van der Waals surface area contributed by atoms with Crippen LogP contribution in [0.3, 0.4) is 0 Å². The number of pyridine rings is 1. The van der Waals surface area contributed by atoms with Gasteiger partial charge in [-0.1, -0.05) is 6.07 Å². The molecule has 0 radical (unpaired) electrons. The van der Waals surface area contributed by atoms with E-state index in [4.69, 9.17) is 14.6 Å². The van der Waals surface area contributed by atoms with Crippen LogP contribution in [0.2, 0.25) is 0 Å². The van der Waals surface area contributed by atoms with Crippen molar-refractivity contribution in [1.82, 2.24) is 4.98 Å². The zero-order chi connectivity index (χ0) is 17.4. The first kappa shape index (κ1) is 16.4. The Balaban J connectivity index is 1.89. The number of aromatic hydroxyl groups is 1. The van der Waals surface area contributed by atoms with Gasteiger partial charge < -0.3 is 35.0 Å². The fraction of sp³-hybridized carbons (Fsp3) is 0.333. The van der Waals surface area contributed by atoms with Crippen LogP contribution in [0.25, 0.3) is 10.9 Å². The highest BCUT2D eigenvalue weighted by atomic mass is 16.7. The number of phenolic OH excluding ortho intramolecular Hbond substituents is 1. The van der Waals surface area contributed by atoms with Crippen molar-refractivity contribution >= 4 is 16.9 Å². The lowest BCUT2D eigenvalue weighted by molar-refractivity contribution is -0.271. The average Bonchev–Trinajstić information content (AvgIpc) is 2.57. The number of phenols is 1. The molecule has 3 rings (SSSR count). The Morgan fingerprint density at radius 1 is 1.12 bits per heavy atom. The van der Waals surface area contributed by atoms with Crippen LogP contribution in [-0.2, 0) is 9.53 Å². The number of hydrogen-bond acceptors (Lipinski definition) is 8. The average molecular weight is 337 g/mol. The lowest BCUT2D eigenvalue weighted by Gasteiger charge is -2.38. The zero-order valence-electron chi connectivity index (χ0n) is 12.2. The largest absolute Gasteiger partial charge is 0.503 e. The maximum absolute atomic E-state index is 11.1. The summed E-state index contributed by atoms with van der Waals surface area (Å²) in [5.74, 6) is -1.96. The van der Waals surface area contributed by atoms with E-state index in [2.05, 4.69) is 4.98 Å². The number of aliphatic hydroxyl groups is 3. The van der Waals surface area contributed by atoms with E-state index in [9.17, 15) is 25.2 Å². The van der Waals surface area contributed by atoms with Gasteiger partial charge in [0.15, 0.2) is 17.6 Å². The summed E-state index contributed by atoms with van der Waals surface area (Å²) < 4.78 is 10.3. The molecule has 9 nitrogen and oxygen atoms in total. The standard InChI is InChI=1S/C15H15NO8/c17-9-7(4-3-6-2-1-5-16-8(6)9)23-15-12(20)10(18)11(19)13(24-15)14(21)22/h1-5,10-13,15,17-20H,(H,21,22)/t10-,11-,12+,13-,15+/m0/s1. The van der Waals surface area contributed by atoms with Gasteiger partial charge in [-0.05, 0) is 18.2 Å². The van der Waals surface area contributed by atoms with Crippen molar-refractivity contribution in [2.24, 2.45) is 0 Å². The Hall–Kier alpha value is -2.46. The van der Waals surface area contributed by atoms with Crippen LogP contribution < -0.4 is 4.74 Å². The molecule has 2 aromatic rings. The number of hydrogen-bond donors (Lipinski definition) is 5. The molecule has 24 heavy (non-hydrogen) atoms. The Morgan fingerprint density at radius 2 is 1.88 bits per heavy atom. The van der Waals surface area contributed by atoms with E-state index < -0.39 is 36.7 Å². The highest BCUT2D eigenvalue weighted by molar-refractivity contribution is 5.86. The maximum Gasteiger partial charge on any atom is 0.335 e. The molecule has 1 aromatic heterocycles. The predicted molar refractivity (Wildman–Crippen MR) is 78.4 cm³/mol. The van der Waals surface area contributed by atoms with Gasteiger partial charge in [0.1, 0.15) is 23.8 Å². The number of nitrogens with zero attached hydrogens (tertiary/aromatic N) is 1. The highest BCUT2D eigenvalue weighted by Crippen LogP contribution is 2.35. The summed E-state index contributed by atoms with van der Waals surface area (Å²) in [6, 6.07) is 6.40. The zero-order valence-corrected chi connectivity index (χ0v) is 12.2. The Kier molecular flexibility index (Phi) is 4.24. The minimum Gasteiger partial charge on any atom is -0.503 e. The molecule has 5 atom stereocenters. The second kappa shape index (κ2) is 6.21. The van der Waals surface area contributed by atoms with Crippen LogP contribution in [0.1, 0.15) is 0 Å². The monoisotopic (exact) mass is 337 g/mol. The summed E-state index contributed by atoms with van der Waals surface area (Å²) in [5.41, 5.74) is 0.246. The predicted octanol–water partition coefficient (Wildman–Crippen LogP) is -0.789. The lowest BCUT2D eigenvalue weighted by Crippen LogP contribution is -2.61. The number of fused-ring (bicyclic) bond motifs is 1. The quantitative estimate of drug-likeness (QED) is 0.485. The molecule has 2 heterocycles. The van der Waals surface area contributed by atoms with E-state index in [-0.39, 0.29) is 17.0 Å². The van der Waals surface area contributed by atoms with Crippen LogP contribution in [-0.4, -0.2) is 67.2 Å². The molecule has 0 unspecified atom stereocenters. The van der Waals surface area contributed by atoms with E-state index in [1.807, 2.05) is 0 Å². The first-order chi connectivity index (χ1) is 11.4. The topological polar surface area (TPSA) is 150 Å². The minimum atomic E-state index is -1.82. The van der Waals surface area contributed by atoms with Gasteiger partial charge in [-0.3, -0.25) is 4.98 Å². The van der Waals surface area contributed by atoms with Gasteiger partial charge >= 0.3 is 5.97 Å². The number of carbonyl (C=O) groups is 1. The molecule has 1 saturated heterocycles. The Labute approximate surface area is 135 Å². The second-order valence-electron chi connectivity index (χ2n) is 5.34. The number of rotatable bonds is 3. The number of carboxylic acids is 1. The van der Waals surface area contributed by atoms with Crippen LogP contribution >= 0.6 is 0 Å². The van der Waals surface area contributed by atoms with Gasteiger partial charge in [0.25, 0.3) is 0 Å². The highest BCUT2D eigenvalue weighted by Gasteiger charge is 2.48. The van der Waals surface area contributed by atoms with Gasteiger partial charge in [-0.25, -0.2) is 4.79 Å². The number of aromatic nitrogens is 1. The molecule has 0 spiro atoms. The van der Waals surface area contributed by atoms with E-state index in [0.29, 0.717) is 5.39 Å². The van der Waals surface area contributed by atoms with Crippen LogP contribution in [0.4, 0.5) is 0 Å². The summed E-state index contributed by atoms with van der Waals surface area (Å²) in [6.07, 6.45) is -7.23. The smallest absolute Gasteiger partial charge is 0.335 e. The van der Waals surface area contributed by atoms with Crippen molar-refractivity contribution < 1.29 is 39.8 Å². The molecule has 0 aliphatic carbocycles. The van der Waals surface area contributed by atoms with Crippen molar-refractivity contribution in [3.63, 3.8) is 0 Å². The molecular weight excluding hydrogens is 322 g/mol. The van der Waals surface area contributed by atoms with Crippen molar-refractivity contribution in [3.8, 4) is 11.5 Å². The minimum absolute atomic E-state index is 0.113. The first-order valence-electron chi connectivity index (χ1n) is 7.06. The number of aliphatic carboxylic acids is 1. The molecule has 5 N–H and O–H groups in total. The van der Waals surface area contributed by atoms with Crippen molar-refractivity contribution in [3.05, 3.63) is 30.5 Å². The van der Waals surface area contributed by atoms with E-state index in [1.54, 1.807) is 18.2 Å². The molecule has 0 bridgehead atoms. The molecule has 1 fully saturated rings.